The fraction of sp³-hybridized carbons (Fsp3) is 0.391. The Labute approximate surface area is 198 Å². The Bertz CT molecular complexity index is 925. The van der Waals surface area contributed by atoms with Crippen molar-refractivity contribution in [2.24, 2.45) is 0 Å². The smallest absolute Gasteiger partial charge is 0.326 e. The van der Waals surface area contributed by atoms with Gasteiger partial charge in [-0.15, -0.1) is 15.0 Å². The van der Waals surface area contributed by atoms with Gasteiger partial charge in [0.05, 0.1) is 20.3 Å². The predicted molar refractivity (Wildman–Crippen MR) is 123 cm³/mol. The molecular formula is C23H29N5O6. The van der Waals surface area contributed by atoms with Gasteiger partial charge in [-0.2, -0.15) is 0 Å². The van der Waals surface area contributed by atoms with Crippen molar-refractivity contribution in [1.29, 1.82) is 0 Å². The zero-order valence-electron chi connectivity index (χ0n) is 19.1. The van der Waals surface area contributed by atoms with Crippen LogP contribution in [0, 0.1) is 0 Å². The second-order valence-corrected chi connectivity index (χ2v) is 7.14. The molecule has 0 bridgehead atoms. The number of benzene rings is 1. The number of carbonyl (C=O) groups excluding carboxylic acids is 1. The summed E-state index contributed by atoms with van der Waals surface area (Å²) < 4.78 is 27.3. The fourth-order valence-electron chi connectivity index (χ4n) is 2.99. The molecule has 0 radical (unpaired) electrons. The van der Waals surface area contributed by atoms with Crippen molar-refractivity contribution in [3.05, 3.63) is 55.1 Å². The number of urea groups is 1. The molecule has 1 aliphatic heterocycles. The first-order valence-corrected chi connectivity index (χ1v) is 10.7. The van der Waals surface area contributed by atoms with Gasteiger partial charge in [0.1, 0.15) is 31.7 Å². The first kappa shape index (κ1) is 24.8. The minimum Gasteiger partial charge on any atom is -0.497 e. The minimum atomic E-state index is -0.354. The van der Waals surface area contributed by atoms with Crippen molar-refractivity contribution >= 4 is 6.03 Å². The number of hydrogen-bond acceptors (Lipinski definition) is 9. The van der Waals surface area contributed by atoms with Crippen LogP contribution in [-0.4, -0.2) is 78.6 Å². The van der Waals surface area contributed by atoms with Crippen molar-refractivity contribution in [1.82, 2.24) is 25.2 Å². The lowest BCUT2D eigenvalue weighted by atomic mass is 10.2. The van der Waals surface area contributed by atoms with Crippen LogP contribution in [0.4, 0.5) is 4.79 Å². The van der Waals surface area contributed by atoms with Crippen LogP contribution < -0.4 is 24.3 Å². The quantitative estimate of drug-likeness (QED) is 0.464. The first-order chi connectivity index (χ1) is 16.6. The summed E-state index contributed by atoms with van der Waals surface area (Å²) in [5.41, 5.74) is 0.973. The van der Waals surface area contributed by atoms with Gasteiger partial charge in [-0.3, -0.25) is 0 Å². The molecule has 11 nitrogen and oxygen atoms in total. The Kier molecular flexibility index (Phi) is 9.47. The summed E-state index contributed by atoms with van der Waals surface area (Å²) in [6, 6.07) is 7.47. The molecule has 2 aromatic rings. The van der Waals surface area contributed by atoms with E-state index >= 15 is 0 Å². The third kappa shape index (κ3) is 7.62. The largest absolute Gasteiger partial charge is 0.497 e. The lowest BCUT2D eigenvalue weighted by Gasteiger charge is -2.32. The second kappa shape index (κ2) is 13.0. The Balaban J connectivity index is 1.52. The molecule has 1 unspecified atom stereocenters. The van der Waals surface area contributed by atoms with Gasteiger partial charge in [-0.1, -0.05) is 37.4 Å². The number of ether oxygens (including phenoxy) is 5. The zero-order chi connectivity index (χ0) is 24.2. The summed E-state index contributed by atoms with van der Waals surface area (Å²) in [5.74, 6) is 0.767. The molecule has 2 amide bonds. The predicted octanol–water partition coefficient (Wildman–Crippen LogP) is 2.00. The SMILES string of the molecule is C=CCOc1nc(OCC=C)nc(OCC2CN(C(=O)NCc3ccc(OC)cc3)CCO2)n1. The summed E-state index contributed by atoms with van der Waals surface area (Å²) >= 11 is 0. The summed E-state index contributed by atoms with van der Waals surface area (Å²) in [6.07, 6.45) is 2.78. The number of morpholine rings is 1. The van der Waals surface area contributed by atoms with E-state index in [1.807, 2.05) is 24.3 Å². The van der Waals surface area contributed by atoms with Gasteiger partial charge >= 0.3 is 24.1 Å². The van der Waals surface area contributed by atoms with Gasteiger partial charge in [0.15, 0.2) is 0 Å². The number of methoxy groups -OCH3 is 1. The average Bonchev–Trinajstić information content (AvgIpc) is 2.88. The highest BCUT2D eigenvalue weighted by molar-refractivity contribution is 5.74. The van der Waals surface area contributed by atoms with Gasteiger partial charge < -0.3 is 33.9 Å². The molecule has 1 atom stereocenters. The highest BCUT2D eigenvalue weighted by Crippen LogP contribution is 2.16. The summed E-state index contributed by atoms with van der Waals surface area (Å²) in [4.78, 5) is 26.6. The molecule has 182 valence electrons. The first-order valence-electron chi connectivity index (χ1n) is 10.7. The number of amides is 2. The third-order valence-corrected chi connectivity index (χ3v) is 4.66. The Morgan fingerprint density at radius 2 is 1.71 bits per heavy atom. The third-order valence-electron chi connectivity index (χ3n) is 4.66. The van der Waals surface area contributed by atoms with Crippen LogP contribution in [-0.2, 0) is 11.3 Å². The van der Waals surface area contributed by atoms with E-state index in [0.717, 1.165) is 11.3 Å². The maximum absolute atomic E-state index is 12.6. The van der Waals surface area contributed by atoms with Crippen LogP contribution >= 0.6 is 0 Å². The number of nitrogens with one attached hydrogen (secondary N) is 1. The minimum absolute atomic E-state index is 0.0257. The van der Waals surface area contributed by atoms with E-state index in [-0.39, 0.29) is 50.0 Å². The lowest BCUT2D eigenvalue weighted by Crippen LogP contribution is -2.50. The molecule has 0 aliphatic carbocycles. The topological polar surface area (TPSA) is 117 Å². The Morgan fingerprint density at radius 3 is 2.29 bits per heavy atom. The Hall–Kier alpha value is -3.86. The van der Waals surface area contributed by atoms with E-state index in [9.17, 15) is 4.79 Å². The fourth-order valence-corrected chi connectivity index (χ4v) is 2.99. The van der Waals surface area contributed by atoms with Crippen molar-refractivity contribution in [3.63, 3.8) is 0 Å². The monoisotopic (exact) mass is 471 g/mol. The molecule has 34 heavy (non-hydrogen) atoms. The van der Waals surface area contributed by atoms with Gasteiger partial charge in [-0.05, 0) is 17.7 Å². The van der Waals surface area contributed by atoms with Crippen LogP contribution in [0.2, 0.25) is 0 Å². The molecule has 1 saturated heterocycles. The van der Waals surface area contributed by atoms with Crippen molar-refractivity contribution < 1.29 is 28.5 Å². The van der Waals surface area contributed by atoms with Crippen LogP contribution in [0.1, 0.15) is 5.56 Å². The molecule has 0 saturated carbocycles. The number of nitrogens with zero attached hydrogens (tertiary/aromatic N) is 4. The van der Waals surface area contributed by atoms with Crippen LogP contribution in [0.5, 0.6) is 23.8 Å². The van der Waals surface area contributed by atoms with E-state index in [0.29, 0.717) is 26.2 Å². The number of rotatable bonds is 12. The van der Waals surface area contributed by atoms with E-state index in [1.54, 1.807) is 24.2 Å². The second-order valence-electron chi connectivity index (χ2n) is 7.14. The molecule has 1 aromatic heterocycles. The highest BCUT2D eigenvalue weighted by atomic mass is 16.6. The maximum Gasteiger partial charge on any atom is 0.326 e. The van der Waals surface area contributed by atoms with Gasteiger partial charge in [0.2, 0.25) is 0 Å². The molecule has 2 heterocycles. The Morgan fingerprint density at radius 1 is 1.09 bits per heavy atom. The van der Waals surface area contributed by atoms with Gasteiger partial charge in [0, 0.05) is 13.1 Å². The van der Waals surface area contributed by atoms with Crippen LogP contribution in [0.15, 0.2) is 49.6 Å². The van der Waals surface area contributed by atoms with Crippen molar-refractivity contribution in [2.45, 2.75) is 12.6 Å². The van der Waals surface area contributed by atoms with E-state index < -0.39 is 0 Å². The number of carbonyl (C=O) groups is 1. The molecule has 1 fully saturated rings. The van der Waals surface area contributed by atoms with E-state index in [1.165, 1.54) is 0 Å². The summed E-state index contributed by atoms with van der Waals surface area (Å²) in [6.45, 7) is 9.41. The molecule has 1 aliphatic rings. The molecule has 11 heteroatoms. The van der Waals surface area contributed by atoms with Crippen LogP contribution in [0.3, 0.4) is 0 Å². The molecular weight excluding hydrogens is 442 g/mol. The van der Waals surface area contributed by atoms with Crippen molar-refractivity contribution in [2.75, 3.05) is 46.6 Å². The maximum atomic E-state index is 12.6. The molecule has 0 spiro atoms. The molecule has 3 rings (SSSR count). The summed E-state index contributed by atoms with van der Waals surface area (Å²) in [7, 11) is 1.61. The van der Waals surface area contributed by atoms with Gasteiger partial charge in [-0.25, -0.2) is 4.79 Å². The zero-order valence-corrected chi connectivity index (χ0v) is 19.1. The van der Waals surface area contributed by atoms with Crippen LogP contribution in [0.25, 0.3) is 0 Å². The lowest BCUT2D eigenvalue weighted by molar-refractivity contribution is -0.0368. The van der Waals surface area contributed by atoms with E-state index in [2.05, 4.69) is 33.4 Å². The van der Waals surface area contributed by atoms with Gasteiger partial charge in [0.25, 0.3) is 0 Å². The number of hydrogen-bond donors (Lipinski definition) is 1. The molecule has 1 N–H and O–H groups in total. The average molecular weight is 472 g/mol. The standard InChI is InChI=1S/C23H29N5O6/c1-4-11-32-20-25-21(33-12-5-2)27-22(26-20)34-16-19-15-28(10-13-31-19)23(29)24-14-17-6-8-18(30-3)9-7-17/h4-9,19H,1-2,10-16H2,3H3,(H,24,29). The normalized spacial score (nSPS) is 15.2. The molecule has 1 aromatic carbocycles. The number of aromatic nitrogens is 3. The summed E-state index contributed by atoms with van der Waals surface area (Å²) in [5, 5.41) is 2.92. The van der Waals surface area contributed by atoms with Crippen molar-refractivity contribution in [3.8, 4) is 23.8 Å². The van der Waals surface area contributed by atoms with E-state index in [4.69, 9.17) is 23.7 Å². The highest BCUT2D eigenvalue weighted by Gasteiger charge is 2.25.